The highest BCUT2D eigenvalue weighted by Gasteiger charge is 2.55. The number of thioether (sulfide) groups is 1. The van der Waals surface area contributed by atoms with Crippen LogP contribution in [0.15, 0.2) is 44.8 Å². The van der Waals surface area contributed by atoms with Crippen LogP contribution >= 0.6 is 36.6 Å². The van der Waals surface area contributed by atoms with Gasteiger partial charge in [-0.1, -0.05) is 12.2 Å². The van der Waals surface area contributed by atoms with Crippen LogP contribution in [0.5, 0.6) is 0 Å². The first-order valence-corrected chi connectivity index (χ1v) is 10.4. The van der Waals surface area contributed by atoms with E-state index in [9.17, 15) is 9.59 Å². The average molecular weight is 473 g/mol. The minimum absolute atomic E-state index is 0. The molecular formula is C20H26Cl2N4O3S. The van der Waals surface area contributed by atoms with Crippen LogP contribution in [0, 0.1) is 5.41 Å². The van der Waals surface area contributed by atoms with Gasteiger partial charge in [-0.2, -0.15) is 10.2 Å². The SMILES string of the molecule is CC(C)(C)OC(=O)N1CCC(NC(=O)C23C4=CC=CC2=NN=C3C=CS4)CC1.Cl.Cl. The van der Waals surface area contributed by atoms with Gasteiger partial charge < -0.3 is 15.0 Å². The maximum atomic E-state index is 13.4. The Hall–Kier alpha value is -1.77. The fourth-order valence-electron chi connectivity index (χ4n) is 3.78. The van der Waals surface area contributed by atoms with Crippen molar-refractivity contribution in [1.29, 1.82) is 0 Å². The van der Waals surface area contributed by atoms with E-state index in [1.165, 1.54) is 11.8 Å². The summed E-state index contributed by atoms with van der Waals surface area (Å²) in [7, 11) is 0. The van der Waals surface area contributed by atoms with E-state index in [0.29, 0.717) is 37.4 Å². The molecule has 1 fully saturated rings. The lowest BCUT2D eigenvalue weighted by atomic mass is 9.74. The molecule has 3 heterocycles. The standard InChI is InChI=1S/C20H24N4O3S.2ClH/c1-19(2,3)27-18(26)24-10-7-13(8-11-24)21-17(25)20-14-5-4-6-16(20)28-12-9-15(20)23-22-14;;/h4-6,9,12-13H,7-8,10-11H2,1-3H3,(H,21,25);2*1H. The van der Waals surface area contributed by atoms with Crippen molar-refractivity contribution in [2.45, 2.75) is 45.3 Å². The van der Waals surface area contributed by atoms with E-state index >= 15 is 0 Å². The highest BCUT2D eigenvalue weighted by atomic mass is 35.5. The van der Waals surface area contributed by atoms with Gasteiger partial charge in [0.2, 0.25) is 5.91 Å². The first kappa shape index (κ1) is 24.5. The fraction of sp³-hybridized carbons (Fsp3) is 0.500. The quantitative estimate of drug-likeness (QED) is 0.661. The summed E-state index contributed by atoms with van der Waals surface area (Å²) < 4.78 is 5.44. The van der Waals surface area contributed by atoms with Crippen molar-refractivity contribution in [2.24, 2.45) is 15.6 Å². The number of allylic oxidation sites excluding steroid dienone is 4. The van der Waals surface area contributed by atoms with Gasteiger partial charge in [0.05, 0.1) is 11.4 Å². The Morgan fingerprint density at radius 3 is 2.43 bits per heavy atom. The number of nitrogens with one attached hydrogen (secondary N) is 1. The van der Waals surface area contributed by atoms with E-state index < -0.39 is 11.0 Å². The smallest absolute Gasteiger partial charge is 0.410 e. The van der Waals surface area contributed by atoms with Crippen LogP contribution in [-0.2, 0) is 9.53 Å². The topological polar surface area (TPSA) is 83.4 Å². The molecule has 3 aliphatic heterocycles. The van der Waals surface area contributed by atoms with Crippen molar-refractivity contribution in [1.82, 2.24) is 10.2 Å². The lowest BCUT2D eigenvalue weighted by molar-refractivity contribution is -0.124. The monoisotopic (exact) mass is 472 g/mol. The van der Waals surface area contributed by atoms with Crippen LogP contribution in [0.2, 0.25) is 0 Å². The van der Waals surface area contributed by atoms with Crippen LogP contribution in [0.1, 0.15) is 33.6 Å². The van der Waals surface area contributed by atoms with Gasteiger partial charge in [-0.25, -0.2) is 4.79 Å². The zero-order valence-corrected chi connectivity index (χ0v) is 19.5. The van der Waals surface area contributed by atoms with Gasteiger partial charge in [0.25, 0.3) is 0 Å². The summed E-state index contributed by atoms with van der Waals surface area (Å²) in [5, 5.41) is 13.6. The van der Waals surface area contributed by atoms with Crippen molar-refractivity contribution in [3.63, 3.8) is 0 Å². The summed E-state index contributed by atoms with van der Waals surface area (Å²) >= 11 is 1.53. The number of hydrogen-bond donors (Lipinski definition) is 1. The Bertz CT molecular complexity index is 868. The number of nitrogens with zero attached hydrogens (tertiary/aromatic N) is 3. The number of carbonyl (C=O) groups is 2. The predicted molar refractivity (Wildman–Crippen MR) is 125 cm³/mol. The van der Waals surface area contributed by atoms with Crippen LogP contribution < -0.4 is 5.32 Å². The highest BCUT2D eigenvalue weighted by molar-refractivity contribution is 8.06. The zero-order valence-electron chi connectivity index (χ0n) is 17.1. The maximum Gasteiger partial charge on any atom is 0.410 e. The number of rotatable bonds is 2. The lowest BCUT2D eigenvalue weighted by Gasteiger charge is -2.38. The normalized spacial score (nSPS) is 24.5. The first-order chi connectivity index (χ1) is 13.3. The molecule has 0 saturated carbocycles. The van der Waals surface area contributed by atoms with Crippen molar-refractivity contribution >= 4 is 60.0 Å². The van der Waals surface area contributed by atoms with E-state index in [-0.39, 0.29) is 42.9 Å². The molecule has 0 aromatic heterocycles. The molecule has 1 atom stereocenters. The second-order valence-corrected chi connectivity index (χ2v) is 9.19. The number of carbonyl (C=O) groups excluding carboxylic acids is 2. The molecule has 1 aliphatic carbocycles. The molecule has 7 nitrogen and oxygen atoms in total. The van der Waals surface area contributed by atoms with Gasteiger partial charge >= 0.3 is 6.09 Å². The van der Waals surface area contributed by atoms with E-state index in [0.717, 1.165) is 4.91 Å². The molecule has 4 rings (SSSR count). The molecule has 0 bridgehead atoms. The van der Waals surface area contributed by atoms with Crippen LogP contribution in [-0.4, -0.2) is 53.1 Å². The Morgan fingerprint density at radius 1 is 1.17 bits per heavy atom. The highest BCUT2D eigenvalue weighted by Crippen LogP contribution is 2.47. The van der Waals surface area contributed by atoms with Gasteiger partial charge in [-0.3, -0.25) is 4.79 Å². The Labute approximate surface area is 193 Å². The largest absolute Gasteiger partial charge is 0.444 e. The number of likely N-dealkylation sites (tertiary alicyclic amines) is 1. The molecule has 0 aromatic rings. The molecule has 0 spiro atoms. The minimum Gasteiger partial charge on any atom is -0.444 e. The average Bonchev–Trinajstić information content (AvgIpc) is 3.02. The summed E-state index contributed by atoms with van der Waals surface area (Å²) in [5.41, 5.74) is -0.0943. The molecule has 0 radical (unpaired) electrons. The summed E-state index contributed by atoms with van der Waals surface area (Å²) in [4.78, 5) is 28.3. The Morgan fingerprint density at radius 2 is 1.80 bits per heavy atom. The van der Waals surface area contributed by atoms with Gasteiger partial charge in [-0.15, -0.1) is 36.6 Å². The van der Waals surface area contributed by atoms with E-state index in [2.05, 4.69) is 15.5 Å². The summed E-state index contributed by atoms with van der Waals surface area (Å²) in [6, 6.07) is 0.00391. The van der Waals surface area contributed by atoms with Gasteiger partial charge in [0, 0.05) is 24.0 Å². The third-order valence-electron chi connectivity index (χ3n) is 5.15. The van der Waals surface area contributed by atoms with Crippen molar-refractivity contribution in [2.75, 3.05) is 13.1 Å². The number of hydrogen-bond acceptors (Lipinski definition) is 6. The van der Waals surface area contributed by atoms with E-state index in [4.69, 9.17) is 4.74 Å². The fourth-order valence-corrected chi connectivity index (χ4v) is 4.76. The number of amides is 2. The first-order valence-electron chi connectivity index (χ1n) is 9.48. The molecular weight excluding hydrogens is 447 g/mol. The molecule has 1 N–H and O–H groups in total. The van der Waals surface area contributed by atoms with Crippen LogP contribution in [0.25, 0.3) is 0 Å². The Balaban J connectivity index is 0.00000160. The lowest BCUT2D eigenvalue weighted by Crippen LogP contribution is -2.56. The van der Waals surface area contributed by atoms with Crippen molar-refractivity contribution in [3.8, 4) is 0 Å². The molecule has 2 amide bonds. The number of halogens is 2. The molecule has 1 unspecified atom stereocenters. The van der Waals surface area contributed by atoms with Gasteiger partial charge in [0.1, 0.15) is 5.60 Å². The molecule has 0 aromatic carbocycles. The molecule has 164 valence electrons. The van der Waals surface area contributed by atoms with Crippen molar-refractivity contribution in [3.05, 3.63) is 34.6 Å². The predicted octanol–water partition coefficient (Wildman–Crippen LogP) is 3.86. The number of ether oxygens (including phenoxy) is 1. The molecule has 4 aliphatic rings. The van der Waals surface area contributed by atoms with Crippen LogP contribution in [0.3, 0.4) is 0 Å². The van der Waals surface area contributed by atoms with Crippen molar-refractivity contribution < 1.29 is 14.3 Å². The van der Waals surface area contributed by atoms with Gasteiger partial charge in [0.15, 0.2) is 5.41 Å². The third-order valence-corrected chi connectivity index (χ3v) is 6.12. The van der Waals surface area contributed by atoms with Crippen LogP contribution in [0.4, 0.5) is 4.79 Å². The molecule has 10 heteroatoms. The Kier molecular flexibility index (Phi) is 7.48. The molecule has 30 heavy (non-hydrogen) atoms. The summed E-state index contributed by atoms with van der Waals surface area (Å²) in [6.07, 6.45) is 8.67. The number of piperidine rings is 1. The summed E-state index contributed by atoms with van der Waals surface area (Å²) in [5.74, 6) is -0.0920. The molecule has 1 saturated heterocycles. The van der Waals surface area contributed by atoms with Gasteiger partial charge in [-0.05, 0) is 51.2 Å². The van der Waals surface area contributed by atoms with E-state index in [1.807, 2.05) is 50.5 Å². The minimum atomic E-state index is -0.920. The van der Waals surface area contributed by atoms with E-state index in [1.54, 1.807) is 4.90 Å². The zero-order chi connectivity index (χ0) is 19.9. The second kappa shape index (κ2) is 9.16. The second-order valence-electron chi connectivity index (χ2n) is 8.25. The maximum absolute atomic E-state index is 13.4. The third kappa shape index (κ3) is 4.31. The summed E-state index contributed by atoms with van der Waals surface area (Å²) in [6.45, 7) is 6.70.